The lowest BCUT2D eigenvalue weighted by atomic mass is 10.1. The fourth-order valence-electron chi connectivity index (χ4n) is 1.69. The van der Waals surface area contributed by atoms with Gasteiger partial charge >= 0.3 is 0 Å². The van der Waals surface area contributed by atoms with Gasteiger partial charge in [-0.25, -0.2) is 0 Å². The van der Waals surface area contributed by atoms with Gasteiger partial charge in [-0.05, 0) is 24.1 Å². The fraction of sp³-hybridized carbons (Fsp3) is 0.385. The van der Waals surface area contributed by atoms with Crippen LogP contribution in [0.4, 0.5) is 0 Å². The summed E-state index contributed by atoms with van der Waals surface area (Å²) in [4.78, 5) is 11.9. The third-order valence-electron chi connectivity index (χ3n) is 2.66. The summed E-state index contributed by atoms with van der Waals surface area (Å²) in [5, 5.41) is 15.0. The Morgan fingerprint density at radius 1 is 1.47 bits per heavy atom. The van der Waals surface area contributed by atoms with E-state index in [0.29, 0.717) is 11.4 Å². The zero-order valence-electron chi connectivity index (χ0n) is 10.8. The van der Waals surface area contributed by atoms with E-state index < -0.39 is 6.04 Å². The van der Waals surface area contributed by atoms with Crippen LogP contribution in [-0.2, 0) is 11.2 Å². The van der Waals surface area contributed by atoms with Crippen LogP contribution in [0.3, 0.4) is 0 Å². The first-order valence-corrected chi connectivity index (χ1v) is 6.45. The average molecular weight is 284 g/mol. The number of carbonyl (C=O) groups excluding carboxylic acids is 1. The summed E-state index contributed by atoms with van der Waals surface area (Å²) in [5.74, 6) is -0.154. The Labute approximate surface area is 117 Å². The predicted molar refractivity (Wildman–Crippen MR) is 75.4 cm³/mol. The Morgan fingerprint density at radius 2 is 2.11 bits per heavy atom. The summed E-state index contributed by atoms with van der Waals surface area (Å²) >= 11 is 5.77. The standard InChI is InChI=1S/C13H18ClN3O2/c1-2-3-11(13(15)17-19)16-12(18)8-9-4-6-10(14)7-5-9/h4-7,11,19H,2-3,8H2,1H3,(H2,15,17)(H,16,18). The van der Waals surface area contributed by atoms with Gasteiger partial charge in [0.1, 0.15) is 0 Å². The number of amidine groups is 1. The van der Waals surface area contributed by atoms with E-state index in [9.17, 15) is 4.79 Å². The second-order valence-corrected chi connectivity index (χ2v) is 4.67. The quantitative estimate of drug-likeness (QED) is 0.322. The number of rotatable bonds is 6. The molecule has 0 aromatic heterocycles. The minimum absolute atomic E-state index is 0.0197. The maximum Gasteiger partial charge on any atom is 0.225 e. The molecule has 6 heteroatoms. The van der Waals surface area contributed by atoms with Gasteiger partial charge in [0.15, 0.2) is 5.84 Å². The van der Waals surface area contributed by atoms with Crippen molar-refractivity contribution in [1.29, 1.82) is 0 Å². The van der Waals surface area contributed by atoms with Gasteiger partial charge in [-0.2, -0.15) is 0 Å². The zero-order valence-corrected chi connectivity index (χ0v) is 11.5. The van der Waals surface area contributed by atoms with E-state index in [2.05, 4.69) is 10.5 Å². The molecule has 1 amide bonds. The summed E-state index contributed by atoms with van der Waals surface area (Å²) in [7, 11) is 0. The van der Waals surface area contributed by atoms with Gasteiger partial charge in [-0.3, -0.25) is 4.79 Å². The number of carbonyl (C=O) groups is 1. The molecule has 0 bridgehead atoms. The Kier molecular flexibility index (Phi) is 6.15. The fourth-order valence-corrected chi connectivity index (χ4v) is 1.81. The molecule has 0 radical (unpaired) electrons. The van der Waals surface area contributed by atoms with Crippen molar-refractivity contribution >= 4 is 23.3 Å². The van der Waals surface area contributed by atoms with E-state index in [-0.39, 0.29) is 18.2 Å². The zero-order chi connectivity index (χ0) is 14.3. The summed E-state index contributed by atoms with van der Waals surface area (Å²) < 4.78 is 0. The molecule has 5 nitrogen and oxygen atoms in total. The molecule has 1 aromatic carbocycles. The second kappa shape index (κ2) is 7.63. The molecule has 1 unspecified atom stereocenters. The summed E-state index contributed by atoms with van der Waals surface area (Å²) in [6.07, 6.45) is 1.68. The van der Waals surface area contributed by atoms with Crippen LogP contribution in [0.2, 0.25) is 5.02 Å². The number of nitrogens with zero attached hydrogens (tertiary/aromatic N) is 1. The van der Waals surface area contributed by atoms with Gasteiger partial charge in [0.25, 0.3) is 0 Å². The second-order valence-electron chi connectivity index (χ2n) is 4.24. The Balaban J connectivity index is 2.60. The lowest BCUT2D eigenvalue weighted by molar-refractivity contribution is -0.120. The highest BCUT2D eigenvalue weighted by Gasteiger charge is 2.16. The van der Waals surface area contributed by atoms with Gasteiger partial charge in [0.2, 0.25) is 5.91 Å². The molecule has 1 rings (SSSR count). The summed E-state index contributed by atoms with van der Waals surface area (Å²) in [6.45, 7) is 1.96. The Morgan fingerprint density at radius 3 is 2.63 bits per heavy atom. The van der Waals surface area contributed by atoms with Crippen LogP contribution in [0.15, 0.2) is 29.4 Å². The lowest BCUT2D eigenvalue weighted by Gasteiger charge is -2.16. The van der Waals surface area contributed by atoms with Crippen molar-refractivity contribution in [1.82, 2.24) is 5.32 Å². The maximum atomic E-state index is 11.9. The van der Waals surface area contributed by atoms with Crippen molar-refractivity contribution in [2.45, 2.75) is 32.2 Å². The lowest BCUT2D eigenvalue weighted by Crippen LogP contribution is -2.45. The van der Waals surface area contributed by atoms with E-state index >= 15 is 0 Å². The van der Waals surface area contributed by atoms with Crippen molar-refractivity contribution in [3.63, 3.8) is 0 Å². The molecule has 0 heterocycles. The number of hydrogen-bond donors (Lipinski definition) is 3. The predicted octanol–water partition coefficient (Wildman–Crippen LogP) is 1.91. The van der Waals surface area contributed by atoms with E-state index in [4.69, 9.17) is 22.5 Å². The first kappa shape index (κ1) is 15.3. The topological polar surface area (TPSA) is 87.7 Å². The number of nitrogens with one attached hydrogen (secondary N) is 1. The van der Waals surface area contributed by atoms with Crippen LogP contribution < -0.4 is 11.1 Å². The molecule has 1 atom stereocenters. The monoisotopic (exact) mass is 283 g/mol. The molecule has 0 aliphatic carbocycles. The van der Waals surface area contributed by atoms with Crippen LogP contribution >= 0.6 is 11.6 Å². The highest BCUT2D eigenvalue weighted by atomic mass is 35.5. The van der Waals surface area contributed by atoms with Gasteiger partial charge in [0, 0.05) is 5.02 Å². The molecule has 19 heavy (non-hydrogen) atoms. The summed E-state index contributed by atoms with van der Waals surface area (Å²) in [6, 6.07) is 6.62. The largest absolute Gasteiger partial charge is 0.409 e. The third-order valence-corrected chi connectivity index (χ3v) is 2.91. The van der Waals surface area contributed by atoms with Crippen LogP contribution in [0, 0.1) is 0 Å². The van der Waals surface area contributed by atoms with E-state index in [1.807, 2.05) is 6.92 Å². The van der Waals surface area contributed by atoms with E-state index in [1.54, 1.807) is 24.3 Å². The molecule has 0 fully saturated rings. The molecule has 0 spiro atoms. The van der Waals surface area contributed by atoms with Gasteiger partial charge in [-0.1, -0.05) is 42.2 Å². The molecule has 4 N–H and O–H groups in total. The molecule has 0 aliphatic heterocycles. The summed E-state index contributed by atoms with van der Waals surface area (Å²) in [5.41, 5.74) is 6.39. The first-order chi connectivity index (χ1) is 9.06. The van der Waals surface area contributed by atoms with Crippen LogP contribution in [0.5, 0.6) is 0 Å². The van der Waals surface area contributed by atoms with Crippen molar-refractivity contribution in [3.05, 3.63) is 34.9 Å². The van der Waals surface area contributed by atoms with Crippen LogP contribution in [0.1, 0.15) is 25.3 Å². The molecule has 0 aliphatic rings. The van der Waals surface area contributed by atoms with Gasteiger partial charge in [0.05, 0.1) is 12.5 Å². The normalized spacial score (nSPS) is 13.1. The van der Waals surface area contributed by atoms with Crippen molar-refractivity contribution in [2.24, 2.45) is 10.9 Å². The van der Waals surface area contributed by atoms with Crippen LogP contribution in [-0.4, -0.2) is 23.0 Å². The minimum atomic E-state index is -0.435. The Hall–Kier alpha value is -1.75. The minimum Gasteiger partial charge on any atom is -0.409 e. The average Bonchev–Trinajstić information content (AvgIpc) is 2.40. The maximum absolute atomic E-state index is 11.9. The first-order valence-electron chi connectivity index (χ1n) is 6.08. The molecule has 0 saturated carbocycles. The number of halogens is 1. The molecule has 1 aromatic rings. The molecular weight excluding hydrogens is 266 g/mol. The van der Waals surface area contributed by atoms with E-state index in [0.717, 1.165) is 12.0 Å². The molecular formula is C13H18ClN3O2. The van der Waals surface area contributed by atoms with Crippen molar-refractivity contribution in [3.8, 4) is 0 Å². The number of benzene rings is 1. The number of oxime groups is 1. The van der Waals surface area contributed by atoms with E-state index in [1.165, 1.54) is 0 Å². The number of amides is 1. The van der Waals surface area contributed by atoms with Gasteiger partial charge in [-0.15, -0.1) is 0 Å². The SMILES string of the molecule is CCCC(NC(=O)Cc1ccc(Cl)cc1)/C(N)=N/O. The Bertz CT molecular complexity index is 446. The molecule has 104 valence electrons. The molecule has 0 saturated heterocycles. The smallest absolute Gasteiger partial charge is 0.225 e. The highest BCUT2D eigenvalue weighted by molar-refractivity contribution is 6.30. The number of nitrogens with two attached hydrogens (primary N) is 1. The third kappa shape index (κ3) is 5.18. The van der Waals surface area contributed by atoms with Gasteiger partial charge < -0.3 is 16.3 Å². The highest BCUT2D eigenvalue weighted by Crippen LogP contribution is 2.10. The van der Waals surface area contributed by atoms with Crippen molar-refractivity contribution < 1.29 is 10.0 Å². The number of hydrogen-bond acceptors (Lipinski definition) is 3. The van der Waals surface area contributed by atoms with Crippen molar-refractivity contribution in [2.75, 3.05) is 0 Å². The van der Waals surface area contributed by atoms with Crippen LogP contribution in [0.25, 0.3) is 0 Å².